The lowest BCUT2D eigenvalue weighted by Crippen LogP contribution is -1.87. The predicted octanol–water partition coefficient (Wildman–Crippen LogP) is 4.83. The molecule has 0 amide bonds. The molecule has 0 heterocycles. The van der Waals surface area contributed by atoms with Crippen molar-refractivity contribution in [2.24, 2.45) is 0 Å². The van der Waals surface area contributed by atoms with Gasteiger partial charge in [-0.15, -0.1) is 0 Å². The highest BCUT2D eigenvalue weighted by Gasteiger charge is 1.93. The van der Waals surface area contributed by atoms with E-state index in [-0.39, 0.29) is 5.78 Å². The normalized spacial score (nSPS) is 13.0. The third-order valence-electron chi connectivity index (χ3n) is 2.67. The van der Waals surface area contributed by atoms with Crippen molar-refractivity contribution in [1.82, 2.24) is 0 Å². The highest BCUT2D eigenvalue weighted by molar-refractivity contribution is 5.75. The van der Waals surface area contributed by atoms with Crippen molar-refractivity contribution < 1.29 is 4.79 Å². The van der Waals surface area contributed by atoms with Gasteiger partial charge in [-0.05, 0) is 46.5 Å². The largest absolute Gasteiger partial charge is 0.300 e. The third kappa shape index (κ3) is 9.70. The van der Waals surface area contributed by atoms with E-state index < -0.39 is 0 Å². The maximum absolute atomic E-state index is 10.8. The van der Waals surface area contributed by atoms with E-state index in [9.17, 15) is 4.79 Å². The fourth-order valence-electron chi connectivity index (χ4n) is 1.67. The predicted molar refractivity (Wildman–Crippen MR) is 71.6 cm³/mol. The zero-order chi connectivity index (χ0) is 12.4. The summed E-state index contributed by atoms with van der Waals surface area (Å²) in [7, 11) is 0. The van der Waals surface area contributed by atoms with Crippen LogP contribution in [0.25, 0.3) is 0 Å². The standard InChI is InChI=1S/C15H26O/c1-5-8-13(2)9-6-10-14(3)11-7-12-15(4)16/h9,11H,5-8,10,12H2,1-4H3. The van der Waals surface area contributed by atoms with Crippen molar-refractivity contribution in [2.75, 3.05) is 0 Å². The second kappa shape index (κ2) is 9.38. The van der Waals surface area contributed by atoms with Gasteiger partial charge in [0.15, 0.2) is 0 Å². The molecule has 0 radical (unpaired) electrons. The summed E-state index contributed by atoms with van der Waals surface area (Å²) in [4.78, 5) is 10.8. The van der Waals surface area contributed by atoms with Crippen LogP contribution >= 0.6 is 0 Å². The molecule has 0 saturated heterocycles. The van der Waals surface area contributed by atoms with Gasteiger partial charge in [0, 0.05) is 6.42 Å². The lowest BCUT2D eigenvalue weighted by atomic mass is 10.1. The molecule has 16 heavy (non-hydrogen) atoms. The minimum Gasteiger partial charge on any atom is -0.300 e. The summed E-state index contributed by atoms with van der Waals surface area (Å²) in [6.07, 6.45) is 10.8. The van der Waals surface area contributed by atoms with Gasteiger partial charge in [0.05, 0.1) is 0 Å². The third-order valence-corrected chi connectivity index (χ3v) is 2.67. The number of carbonyl (C=O) groups excluding carboxylic acids is 1. The minimum atomic E-state index is 0.280. The Morgan fingerprint density at radius 3 is 1.88 bits per heavy atom. The van der Waals surface area contributed by atoms with Gasteiger partial charge in [0.2, 0.25) is 0 Å². The number of hydrogen-bond donors (Lipinski definition) is 0. The van der Waals surface area contributed by atoms with Gasteiger partial charge < -0.3 is 4.79 Å². The molecule has 0 bridgehead atoms. The smallest absolute Gasteiger partial charge is 0.130 e. The fraction of sp³-hybridized carbons (Fsp3) is 0.667. The van der Waals surface area contributed by atoms with Crippen molar-refractivity contribution >= 4 is 5.78 Å². The van der Waals surface area contributed by atoms with Gasteiger partial charge in [0.25, 0.3) is 0 Å². The van der Waals surface area contributed by atoms with Crippen LogP contribution in [0.4, 0.5) is 0 Å². The van der Waals surface area contributed by atoms with Crippen LogP contribution in [0.5, 0.6) is 0 Å². The molecule has 0 aromatic carbocycles. The van der Waals surface area contributed by atoms with Crippen LogP contribution in [0, 0.1) is 0 Å². The number of Topliss-reactive ketones (excluding diaryl/α,β-unsaturated/α-hetero) is 1. The van der Waals surface area contributed by atoms with Crippen LogP contribution in [0.3, 0.4) is 0 Å². The van der Waals surface area contributed by atoms with E-state index in [0.29, 0.717) is 6.42 Å². The van der Waals surface area contributed by atoms with E-state index in [4.69, 9.17) is 0 Å². The molecule has 0 atom stereocenters. The summed E-state index contributed by atoms with van der Waals surface area (Å²) in [6, 6.07) is 0. The molecule has 0 aliphatic rings. The Morgan fingerprint density at radius 1 is 0.875 bits per heavy atom. The van der Waals surface area contributed by atoms with E-state index in [1.807, 2.05) is 0 Å². The Bertz CT molecular complexity index is 259. The summed E-state index contributed by atoms with van der Waals surface area (Å²) in [5, 5.41) is 0. The van der Waals surface area contributed by atoms with Crippen LogP contribution in [-0.4, -0.2) is 5.78 Å². The van der Waals surface area contributed by atoms with Crippen molar-refractivity contribution in [1.29, 1.82) is 0 Å². The second-order valence-corrected chi connectivity index (χ2v) is 4.63. The Labute approximate surface area is 101 Å². The van der Waals surface area contributed by atoms with Crippen LogP contribution in [0.1, 0.15) is 66.2 Å². The van der Waals surface area contributed by atoms with E-state index >= 15 is 0 Å². The molecule has 0 unspecified atom stereocenters. The average Bonchev–Trinajstić information content (AvgIpc) is 2.17. The van der Waals surface area contributed by atoms with Crippen molar-refractivity contribution in [2.45, 2.75) is 66.2 Å². The molecule has 0 aromatic heterocycles. The number of rotatable bonds is 8. The van der Waals surface area contributed by atoms with E-state index in [1.165, 1.54) is 24.0 Å². The number of ketones is 1. The maximum Gasteiger partial charge on any atom is 0.130 e. The molecule has 1 nitrogen and oxygen atoms in total. The van der Waals surface area contributed by atoms with Crippen LogP contribution in [0.2, 0.25) is 0 Å². The highest BCUT2D eigenvalue weighted by Crippen LogP contribution is 2.10. The average molecular weight is 222 g/mol. The Morgan fingerprint density at radius 2 is 1.38 bits per heavy atom. The monoisotopic (exact) mass is 222 g/mol. The van der Waals surface area contributed by atoms with E-state index in [2.05, 4.69) is 32.9 Å². The summed E-state index contributed by atoms with van der Waals surface area (Å²) < 4.78 is 0. The topological polar surface area (TPSA) is 17.1 Å². The summed E-state index contributed by atoms with van der Waals surface area (Å²) in [5.74, 6) is 0.280. The lowest BCUT2D eigenvalue weighted by Gasteiger charge is -2.00. The molecule has 0 aliphatic carbocycles. The molecule has 0 aromatic rings. The summed E-state index contributed by atoms with van der Waals surface area (Å²) in [5.41, 5.74) is 2.90. The van der Waals surface area contributed by atoms with Gasteiger partial charge in [0.1, 0.15) is 5.78 Å². The Hall–Kier alpha value is -0.850. The zero-order valence-corrected chi connectivity index (χ0v) is 11.3. The van der Waals surface area contributed by atoms with Crippen LogP contribution < -0.4 is 0 Å². The molecular weight excluding hydrogens is 196 g/mol. The summed E-state index contributed by atoms with van der Waals surface area (Å²) >= 11 is 0. The molecule has 0 rings (SSSR count). The van der Waals surface area contributed by atoms with Gasteiger partial charge in [-0.25, -0.2) is 0 Å². The molecule has 0 fully saturated rings. The lowest BCUT2D eigenvalue weighted by molar-refractivity contribution is -0.116. The van der Waals surface area contributed by atoms with Crippen molar-refractivity contribution in [3.05, 3.63) is 23.3 Å². The van der Waals surface area contributed by atoms with Crippen molar-refractivity contribution in [3.8, 4) is 0 Å². The highest BCUT2D eigenvalue weighted by atomic mass is 16.1. The molecule has 0 spiro atoms. The first-order valence-electron chi connectivity index (χ1n) is 6.37. The minimum absolute atomic E-state index is 0.280. The first kappa shape index (κ1) is 15.2. The van der Waals surface area contributed by atoms with Crippen molar-refractivity contribution in [3.63, 3.8) is 0 Å². The molecule has 92 valence electrons. The Kier molecular flexibility index (Phi) is 8.88. The number of carbonyl (C=O) groups is 1. The fourth-order valence-corrected chi connectivity index (χ4v) is 1.67. The molecule has 0 N–H and O–H groups in total. The first-order valence-corrected chi connectivity index (χ1v) is 6.37. The molecule has 0 saturated carbocycles. The molecule has 0 aliphatic heterocycles. The van der Waals surface area contributed by atoms with Gasteiger partial charge >= 0.3 is 0 Å². The van der Waals surface area contributed by atoms with Gasteiger partial charge in [-0.2, -0.15) is 0 Å². The SMILES string of the molecule is CCCC(C)=CCCC(C)=CCCC(C)=O. The van der Waals surface area contributed by atoms with E-state index in [0.717, 1.165) is 19.3 Å². The maximum atomic E-state index is 10.8. The number of hydrogen-bond acceptors (Lipinski definition) is 1. The number of allylic oxidation sites excluding steroid dienone is 4. The first-order chi connectivity index (χ1) is 7.56. The Balaban J connectivity index is 3.75. The van der Waals surface area contributed by atoms with E-state index in [1.54, 1.807) is 6.92 Å². The van der Waals surface area contributed by atoms with Gasteiger partial charge in [-0.1, -0.05) is 36.6 Å². The van der Waals surface area contributed by atoms with Crippen LogP contribution in [-0.2, 0) is 4.79 Å². The second-order valence-electron chi connectivity index (χ2n) is 4.63. The quantitative estimate of drug-likeness (QED) is 0.538. The summed E-state index contributed by atoms with van der Waals surface area (Å²) in [6.45, 7) is 8.23. The van der Waals surface area contributed by atoms with Gasteiger partial charge in [-0.3, -0.25) is 0 Å². The van der Waals surface area contributed by atoms with Crippen LogP contribution in [0.15, 0.2) is 23.3 Å². The molecular formula is C15H26O. The molecule has 1 heteroatoms. The zero-order valence-electron chi connectivity index (χ0n) is 11.3.